The Morgan fingerprint density at radius 2 is 1.89 bits per heavy atom. The molecular formula is C19H27ClN4O3+2. The van der Waals surface area contributed by atoms with E-state index in [-0.39, 0.29) is 12.6 Å². The quantitative estimate of drug-likeness (QED) is 0.480. The molecule has 1 saturated heterocycles. The maximum Gasteiger partial charge on any atom is 0.338 e. The fourth-order valence-corrected chi connectivity index (χ4v) is 3.70. The third-order valence-electron chi connectivity index (χ3n) is 5.09. The fourth-order valence-electron chi connectivity index (χ4n) is 3.57. The van der Waals surface area contributed by atoms with Gasteiger partial charge < -0.3 is 25.2 Å². The number of carbonyl (C=O) groups excluding carboxylic acids is 2. The van der Waals surface area contributed by atoms with Crippen molar-refractivity contribution in [2.45, 2.75) is 13.0 Å². The van der Waals surface area contributed by atoms with Crippen molar-refractivity contribution in [3.63, 3.8) is 0 Å². The maximum atomic E-state index is 12.7. The molecule has 4 N–H and O–H groups in total. The van der Waals surface area contributed by atoms with Gasteiger partial charge in [0.25, 0.3) is 0 Å². The van der Waals surface area contributed by atoms with Gasteiger partial charge in [-0.15, -0.1) is 0 Å². The Kier molecular flexibility index (Phi) is 6.36. The third kappa shape index (κ3) is 4.80. The number of carbonyl (C=O) groups is 2. The highest BCUT2D eigenvalue weighted by Crippen LogP contribution is 2.28. The highest BCUT2D eigenvalue weighted by Gasteiger charge is 2.35. The first kappa shape index (κ1) is 19.7. The summed E-state index contributed by atoms with van der Waals surface area (Å²) in [6.07, 6.45) is 0. The summed E-state index contributed by atoms with van der Waals surface area (Å²) < 4.78 is 5.30. The molecule has 0 radical (unpaired) electrons. The molecule has 27 heavy (non-hydrogen) atoms. The van der Waals surface area contributed by atoms with E-state index >= 15 is 0 Å². The van der Waals surface area contributed by atoms with Gasteiger partial charge in [-0.2, -0.15) is 0 Å². The predicted octanol–water partition coefficient (Wildman–Crippen LogP) is -1.08. The number of likely N-dealkylation sites (N-methyl/N-ethyl adjacent to an activating group) is 1. The van der Waals surface area contributed by atoms with Crippen molar-refractivity contribution in [1.82, 2.24) is 10.6 Å². The first-order chi connectivity index (χ1) is 13.0. The van der Waals surface area contributed by atoms with E-state index in [0.29, 0.717) is 22.8 Å². The minimum atomic E-state index is -0.553. The molecule has 2 aliphatic rings. The summed E-state index contributed by atoms with van der Waals surface area (Å²) in [7, 11) is 2.18. The molecule has 0 unspecified atom stereocenters. The molecule has 1 aromatic rings. The molecule has 2 aliphatic heterocycles. The number of piperazine rings is 1. The zero-order chi connectivity index (χ0) is 19.4. The van der Waals surface area contributed by atoms with Gasteiger partial charge in [0.15, 0.2) is 0 Å². The van der Waals surface area contributed by atoms with Crippen LogP contribution < -0.4 is 20.4 Å². The van der Waals surface area contributed by atoms with Crippen molar-refractivity contribution < 1.29 is 24.1 Å². The van der Waals surface area contributed by atoms with E-state index in [0.717, 1.165) is 31.7 Å². The molecule has 2 heterocycles. The Balaban J connectivity index is 1.94. The number of urea groups is 1. The van der Waals surface area contributed by atoms with Gasteiger partial charge in [-0.25, -0.2) is 9.59 Å². The summed E-state index contributed by atoms with van der Waals surface area (Å²) >= 11 is 5.99. The van der Waals surface area contributed by atoms with Crippen molar-refractivity contribution in [1.29, 1.82) is 0 Å². The number of halogens is 1. The van der Waals surface area contributed by atoms with Crippen molar-refractivity contribution in [3.05, 3.63) is 46.1 Å². The van der Waals surface area contributed by atoms with Crippen LogP contribution in [0.3, 0.4) is 0 Å². The lowest BCUT2D eigenvalue weighted by molar-refractivity contribution is -1.00. The number of nitrogens with one attached hydrogen (secondary N) is 4. The Hall–Kier alpha value is -2.09. The van der Waals surface area contributed by atoms with Crippen LogP contribution in [0, 0.1) is 0 Å². The zero-order valence-corrected chi connectivity index (χ0v) is 16.5. The first-order valence-electron chi connectivity index (χ1n) is 9.36. The summed E-state index contributed by atoms with van der Waals surface area (Å²) in [5.74, 6) is -0.404. The number of benzene rings is 1. The Morgan fingerprint density at radius 1 is 1.22 bits per heavy atom. The van der Waals surface area contributed by atoms with Crippen LogP contribution in [0.15, 0.2) is 35.5 Å². The zero-order valence-electron chi connectivity index (χ0n) is 15.7. The van der Waals surface area contributed by atoms with E-state index in [1.165, 1.54) is 9.80 Å². The van der Waals surface area contributed by atoms with Crippen LogP contribution in [-0.4, -0.2) is 58.4 Å². The molecule has 7 nitrogen and oxygen atoms in total. The number of hydrogen-bond acceptors (Lipinski definition) is 3. The number of hydrogen-bond donors (Lipinski definition) is 4. The van der Waals surface area contributed by atoms with Crippen LogP contribution >= 0.6 is 11.6 Å². The van der Waals surface area contributed by atoms with E-state index in [2.05, 4.69) is 17.7 Å². The number of esters is 1. The second-order valence-electron chi connectivity index (χ2n) is 7.08. The summed E-state index contributed by atoms with van der Waals surface area (Å²) in [6, 6.07) is 6.28. The predicted molar refractivity (Wildman–Crippen MR) is 102 cm³/mol. The van der Waals surface area contributed by atoms with E-state index in [1.54, 1.807) is 19.1 Å². The van der Waals surface area contributed by atoms with Gasteiger partial charge >= 0.3 is 12.0 Å². The molecule has 1 aromatic carbocycles. The van der Waals surface area contributed by atoms with Gasteiger partial charge in [-0.1, -0.05) is 23.7 Å². The standard InChI is InChI=1S/C19H25ClN4O3/c1-3-27-18(25)16-15(12-24-10-8-23(2)9-11-24)21-19(26)22-17(16)13-4-6-14(20)7-5-13/h4-7,17H,3,8-12H2,1-2H3,(H2,21,22,26)/p+2/t17-/m1/s1. The van der Waals surface area contributed by atoms with Crippen LogP contribution in [0.4, 0.5) is 4.79 Å². The van der Waals surface area contributed by atoms with Crippen molar-refractivity contribution in [2.24, 2.45) is 0 Å². The molecule has 0 aromatic heterocycles. The largest absolute Gasteiger partial charge is 0.463 e. The van der Waals surface area contributed by atoms with Crippen molar-refractivity contribution >= 4 is 23.6 Å². The van der Waals surface area contributed by atoms with Gasteiger partial charge in [0, 0.05) is 5.02 Å². The lowest BCUT2D eigenvalue weighted by atomic mass is 9.95. The molecule has 146 valence electrons. The molecular weight excluding hydrogens is 368 g/mol. The number of rotatable bonds is 5. The second kappa shape index (κ2) is 8.73. The van der Waals surface area contributed by atoms with Crippen LogP contribution in [0.1, 0.15) is 18.5 Å². The Labute approximate surface area is 164 Å². The molecule has 3 rings (SSSR count). The van der Waals surface area contributed by atoms with Crippen molar-refractivity contribution in [2.75, 3.05) is 46.4 Å². The Bertz CT molecular complexity index is 727. The molecule has 0 spiro atoms. The average molecular weight is 395 g/mol. The van der Waals surface area contributed by atoms with Crippen LogP contribution in [-0.2, 0) is 9.53 Å². The number of quaternary nitrogens is 2. The lowest BCUT2D eigenvalue weighted by Gasteiger charge is -2.32. The van der Waals surface area contributed by atoms with Crippen molar-refractivity contribution in [3.8, 4) is 0 Å². The normalized spacial score (nSPS) is 25.6. The van der Waals surface area contributed by atoms with E-state index in [9.17, 15) is 9.59 Å². The molecule has 8 heteroatoms. The third-order valence-corrected chi connectivity index (χ3v) is 5.34. The van der Waals surface area contributed by atoms with Crippen LogP contribution in [0.25, 0.3) is 0 Å². The summed E-state index contributed by atoms with van der Waals surface area (Å²) in [5, 5.41) is 6.30. The molecule has 0 saturated carbocycles. The summed E-state index contributed by atoms with van der Waals surface area (Å²) in [6.45, 7) is 6.80. The van der Waals surface area contributed by atoms with E-state index in [4.69, 9.17) is 16.3 Å². The minimum Gasteiger partial charge on any atom is -0.463 e. The highest BCUT2D eigenvalue weighted by molar-refractivity contribution is 6.30. The number of ether oxygens (including phenoxy) is 1. The summed E-state index contributed by atoms with van der Waals surface area (Å²) in [5.41, 5.74) is 1.91. The molecule has 1 fully saturated rings. The van der Waals surface area contributed by atoms with Gasteiger partial charge in [0.1, 0.15) is 32.7 Å². The molecule has 2 amide bonds. The summed E-state index contributed by atoms with van der Waals surface area (Å²) in [4.78, 5) is 27.9. The molecule has 0 bridgehead atoms. The first-order valence-corrected chi connectivity index (χ1v) is 9.73. The second-order valence-corrected chi connectivity index (χ2v) is 7.52. The highest BCUT2D eigenvalue weighted by atomic mass is 35.5. The number of amides is 2. The van der Waals surface area contributed by atoms with Gasteiger partial charge in [-0.3, -0.25) is 0 Å². The Morgan fingerprint density at radius 3 is 2.52 bits per heavy atom. The lowest BCUT2D eigenvalue weighted by Crippen LogP contribution is -3.27. The topological polar surface area (TPSA) is 76.3 Å². The van der Waals surface area contributed by atoms with Gasteiger partial charge in [0.2, 0.25) is 0 Å². The smallest absolute Gasteiger partial charge is 0.338 e. The van der Waals surface area contributed by atoms with Gasteiger partial charge in [0.05, 0.1) is 31.0 Å². The van der Waals surface area contributed by atoms with Crippen LogP contribution in [0.2, 0.25) is 5.02 Å². The van der Waals surface area contributed by atoms with E-state index in [1.807, 2.05) is 12.1 Å². The average Bonchev–Trinajstić information content (AvgIpc) is 2.64. The van der Waals surface area contributed by atoms with Gasteiger partial charge in [-0.05, 0) is 24.6 Å². The van der Waals surface area contributed by atoms with E-state index < -0.39 is 12.0 Å². The monoisotopic (exact) mass is 394 g/mol. The fraction of sp³-hybridized carbons (Fsp3) is 0.474. The van der Waals surface area contributed by atoms with Crippen LogP contribution in [0.5, 0.6) is 0 Å². The molecule has 1 atom stereocenters. The SMILES string of the molecule is CCOC(=O)C1=C(C[NH+]2CC[NH+](C)CC2)NC(=O)N[C@@H]1c1ccc(Cl)cc1. The minimum absolute atomic E-state index is 0.279. The molecule has 0 aliphatic carbocycles. The maximum absolute atomic E-state index is 12.7.